The van der Waals surface area contributed by atoms with Crippen molar-refractivity contribution in [2.75, 3.05) is 13.1 Å². The third-order valence-corrected chi connectivity index (χ3v) is 3.79. The van der Waals surface area contributed by atoms with Crippen LogP contribution in [-0.4, -0.2) is 29.2 Å². The number of hydrogen-bond donors (Lipinski definition) is 1. The summed E-state index contributed by atoms with van der Waals surface area (Å²) in [5.41, 5.74) is 0.261. The fourth-order valence-corrected chi connectivity index (χ4v) is 2.59. The molecule has 5 heteroatoms. The number of likely N-dealkylation sites (tertiary alicyclic amines) is 1. The molecule has 0 saturated carbocycles. The van der Waals surface area contributed by atoms with E-state index in [1.54, 1.807) is 6.07 Å². The number of nitrogens with zero attached hydrogens (tertiary/aromatic N) is 1. The van der Waals surface area contributed by atoms with Crippen molar-refractivity contribution < 1.29 is 18.3 Å². The molecule has 3 rings (SSSR count). The van der Waals surface area contributed by atoms with Gasteiger partial charge in [0.05, 0.1) is 18.2 Å². The van der Waals surface area contributed by atoms with Crippen molar-refractivity contribution in [2.45, 2.75) is 25.5 Å². The Balaban J connectivity index is 1.71. The van der Waals surface area contributed by atoms with Crippen LogP contribution in [0.1, 0.15) is 18.6 Å². The van der Waals surface area contributed by atoms with Crippen molar-refractivity contribution in [3.8, 4) is 11.3 Å². The summed E-state index contributed by atoms with van der Waals surface area (Å²) < 4.78 is 32.3. The fraction of sp³-hybridized carbons (Fsp3) is 0.375. The summed E-state index contributed by atoms with van der Waals surface area (Å²) in [6.45, 7) is 2.28. The quantitative estimate of drug-likeness (QED) is 0.944. The van der Waals surface area contributed by atoms with Crippen molar-refractivity contribution >= 4 is 0 Å². The van der Waals surface area contributed by atoms with Crippen LogP contribution in [0.5, 0.6) is 0 Å². The second-order valence-corrected chi connectivity index (χ2v) is 5.40. The van der Waals surface area contributed by atoms with Crippen LogP contribution in [0.3, 0.4) is 0 Å². The van der Waals surface area contributed by atoms with Gasteiger partial charge in [0.1, 0.15) is 23.2 Å². The van der Waals surface area contributed by atoms with Crippen molar-refractivity contribution in [2.24, 2.45) is 0 Å². The molecule has 2 heterocycles. The lowest BCUT2D eigenvalue weighted by atomic mass is 10.1. The highest BCUT2D eigenvalue weighted by molar-refractivity contribution is 5.58. The Morgan fingerprint density at radius 1 is 1.14 bits per heavy atom. The van der Waals surface area contributed by atoms with E-state index in [-0.39, 0.29) is 11.7 Å². The van der Waals surface area contributed by atoms with E-state index in [0.717, 1.165) is 37.8 Å². The molecule has 112 valence electrons. The maximum absolute atomic E-state index is 13.7. The van der Waals surface area contributed by atoms with Gasteiger partial charge in [-0.2, -0.15) is 0 Å². The highest BCUT2D eigenvalue weighted by Crippen LogP contribution is 2.26. The molecule has 0 spiro atoms. The van der Waals surface area contributed by atoms with E-state index in [4.69, 9.17) is 4.42 Å². The summed E-state index contributed by atoms with van der Waals surface area (Å²) in [5.74, 6) is -0.0865. The zero-order chi connectivity index (χ0) is 14.8. The van der Waals surface area contributed by atoms with Gasteiger partial charge in [-0.05, 0) is 37.1 Å². The molecule has 2 aromatic rings. The summed E-state index contributed by atoms with van der Waals surface area (Å²) in [4.78, 5) is 2.19. The van der Waals surface area contributed by atoms with E-state index < -0.39 is 11.6 Å². The van der Waals surface area contributed by atoms with Crippen molar-refractivity contribution in [3.63, 3.8) is 0 Å². The lowest BCUT2D eigenvalue weighted by molar-refractivity contribution is 0.0761. The molecule has 0 bridgehead atoms. The molecular formula is C16H17F2NO2. The normalized spacial score (nSPS) is 17.3. The molecule has 0 radical (unpaired) electrons. The summed E-state index contributed by atoms with van der Waals surface area (Å²) in [6, 6.07) is 6.95. The first-order valence-corrected chi connectivity index (χ1v) is 7.06. The molecule has 1 saturated heterocycles. The van der Waals surface area contributed by atoms with Gasteiger partial charge in [0, 0.05) is 19.2 Å². The Morgan fingerprint density at radius 3 is 2.62 bits per heavy atom. The van der Waals surface area contributed by atoms with Gasteiger partial charge in [-0.1, -0.05) is 0 Å². The van der Waals surface area contributed by atoms with Crippen LogP contribution in [0.4, 0.5) is 8.78 Å². The second-order valence-electron chi connectivity index (χ2n) is 5.40. The largest absolute Gasteiger partial charge is 0.460 e. The highest BCUT2D eigenvalue weighted by atomic mass is 19.1. The van der Waals surface area contributed by atoms with Crippen LogP contribution in [0.25, 0.3) is 11.3 Å². The SMILES string of the molecule is OC1CCN(Cc2ccc(-c3ccc(F)cc3F)o2)CC1. The van der Waals surface area contributed by atoms with Crippen LogP contribution < -0.4 is 0 Å². The number of rotatable bonds is 3. The van der Waals surface area contributed by atoms with Crippen LogP contribution >= 0.6 is 0 Å². The first-order chi connectivity index (χ1) is 10.1. The highest BCUT2D eigenvalue weighted by Gasteiger charge is 2.18. The Kier molecular flexibility index (Phi) is 4.03. The topological polar surface area (TPSA) is 36.6 Å². The van der Waals surface area contributed by atoms with Gasteiger partial charge in [0.25, 0.3) is 0 Å². The number of piperidine rings is 1. The van der Waals surface area contributed by atoms with Gasteiger partial charge in [-0.15, -0.1) is 0 Å². The van der Waals surface area contributed by atoms with Gasteiger partial charge in [-0.25, -0.2) is 8.78 Å². The average molecular weight is 293 g/mol. The number of halogens is 2. The molecule has 3 nitrogen and oxygen atoms in total. The molecule has 1 fully saturated rings. The van der Waals surface area contributed by atoms with Crippen LogP contribution in [-0.2, 0) is 6.54 Å². The zero-order valence-electron chi connectivity index (χ0n) is 11.6. The summed E-state index contributed by atoms with van der Waals surface area (Å²) >= 11 is 0. The summed E-state index contributed by atoms with van der Waals surface area (Å²) in [5, 5.41) is 9.48. The monoisotopic (exact) mass is 293 g/mol. The molecule has 0 atom stereocenters. The van der Waals surface area contributed by atoms with Gasteiger partial charge < -0.3 is 9.52 Å². The van der Waals surface area contributed by atoms with Crippen molar-refractivity contribution in [3.05, 3.63) is 47.7 Å². The minimum atomic E-state index is -0.628. The van der Waals surface area contributed by atoms with E-state index in [0.29, 0.717) is 12.3 Å². The van der Waals surface area contributed by atoms with Crippen LogP contribution in [0.15, 0.2) is 34.7 Å². The first kappa shape index (κ1) is 14.2. The molecule has 1 aromatic carbocycles. The third-order valence-electron chi connectivity index (χ3n) is 3.79. The first-order valence-electron chi connectivity index (χ1n) is 7.06. The number of aliphatic hydroxyl groups is 1. The van der Waals surface area contributed by atoms with Gasteiger partial charge in [-0.3, -0.25) is 4.90 Å². The van der Waals surface area contributed by atoms with E-state index >= 15 is 0 Å². The van der Waals surface area contributed by atoms with Crippen molar-refractivity contribution in [1.82, 2.24) is 4.90 Å². The maximum Gasteiger partial charge on any atom is 0.137 e. The minimum absolute atomic E-state index is 0.207. The lowest BCUT2D eigenvalue weighted by Gasteiger charge is -2.28. The summed E-state index contributed by atoms with van der Waals surface area (Å²) in [7, 11) is 0. The predicted molar refractivity (Wildman–Crippen MR) is 74.6 cm³/mol. The van der Waals surface area contributed by atoms with Crippen LogP contribution in [0.2, 0.25) is 0 Å². The van der Waals surface area contributed by atoms with E-state index in [2.05, 4.69) is 4.90 Å². The van der Waals surface area contributed by atoms with E-state index in [9.17, 15) is 13.9 Å². The Morgan fingerprint density at radius 2 is 1.90 bits per heavy atom. The number of aliphatic hydroxyl groups excluding tert-OH is 1. The maximum atomic E-state index is 13.7. The zero-order valence-corrected chi connectivity index (χ0v) is 11.6. The summed E-state index contributed by atoms with van der Waals surface area (Å²) in [6.07, 6.45) is 1.32. The van der Waals surface area contributed by atoms with Crippen LogP contribution in [0, 0.1) is 11.6 Å². The molecule has 21 heavy (non-hydrogen) atoms. The molecule has 0 unspecified atom stereocenters. The average Bonchev–Trinajstić information content (AvgIpc) is 2.90. The molecular weight excluding hydrogens is 276 g/mol. The fourth-order valence-electron chi connectivity index (χ4n) is 2.59. The lowest BCUT2D eigenvalue weighted by Crippen LogP contribution is -2.35. The molecule has 1 aliphatic rings. The second kappa shape index (κ2) is 5.95. The number of benzene rings is 1. The number of furan rings is 1. The Bertz CT molecular complexity index is 618. The molecule has 0 amide bonds. The van der Waals surface area contributed by atoms with Gasteiger partial charge >= 0.3 is 0 Å². The smallest absolute Gasteiger partial charge is 0.137 e. The standard InChI is InChI=1S/C16H17F2NO2/c17-11-1-3-14(15(18)9-11)16-4-2-13(21-16)10-19-7-5-12(20)6-8-19/h1-4,9,12,20H,5-8,10H2. The molecule has 1 N–H and O–H groups in total. The van der Waals surface area contributed by atoms with E-state index in [1.165, 1.54) is 12.1 Å². The molecule has 1 aliphatic heterocycles. The van der Waals surface area contributed by atoms with Crippen molar-refractivity contribution in [1.29, 1.82) is 0 Å². The van der Waals surface area contributed by atoms with Gasteiger partial charge in [0.15, 0.2) is 0 Å². The Labute approximate surface area is 121 Å². The van der Waals surface area contributed by atoms with E-state index in [1.807, 2.05) is 6.07 Å². The third kappa shape index (κ3) is 3.31. The van der Waals surface area contributed by atoms with Gasteiger partial charge in [0.2, 0.25) is 0 Å². The number of hydrogen-bond acceptors (Lipinski definition) is 3. The molecule has 1 aromatic heterocycles. The predicted octanol–water partition coefficient (Wildman–Crippen LogP) is 3.18. The Hall–Kier alpha value is -1.72. The molecule has 0 aliphatic carbocycles. The minimum Gasteiger partial charge on any atom is -0.460 e.